The summed E-state index contributed by atoms with van der Waals surface area (Å²) in [5, 5.41) is 9.60. The summed E-state index contributed by atoms with van der Waals surface area (Å²) in [6.07, 6.45) is 2.04. The summed E-state index contributed by atoms with van der Waals surface area (Å²) in [5.74, 6) is -0.756. The van der Waals surface area contributed by atoms with E-state index in [-0.39, 0.29) is 6.54 Å². The van der Waals surface area contributed by atoms with Gasteiger partial charge in [-0.15, -0.1) is 0 Å². The molecule has 1 heterocycles. The van der Waals surface area contributed by atoms with Crippen LogP contribution in [0.4, 0.5) is 0 Å². The average Bonchev–Trinajstić information content (AvgIpc) is 2.38. The normalized spacial score (nSPS) is 17.6. The highest BCUT2D eigenvalue weighted by Crippen LogP contribution is 2.18. The van der Waals surface area contributed by atoms with E-state index in [0.717, 1.165) is 37.5 Å². The van der Waals surface area contributed by atoms with Crippen LogP contribution in [-0.4, -0.2) is 53.6 Å². The minimum Gasteiger partial charge on any atom is -0.480 e. The fourth-order valence-corrected chi connectivity index (χ4v) is 2.97. The molecule has 1 aliphatic rings. The molecule has 1 aromatic rings. The molecular weight excluding hydrogens is 276 g/mol. The van der Waals surface area contributed by atoms with Crippen LogP contribution in [0.1, 0.15) is 18.4 Å². The molecular formula is C15H21ClN2O2. The SMILES string of the molecule is CN(CC(=O)O)C1CCN(Cc2cccc(Cl)c2)CC1. The van der Waals surface area contributed by atoms with Crippen LogP contribution in [0.2, 0.25) is 5.02 Å². The minimum absolute atomic E-state index is 0.124. The lowest BCUT2D eigenvalue weighted by molar-refractivity contribution is -0.138. The van der Waals surface area contributed by atoms with Gasteiger partial charge in [-0.25, -0.2) is 0 Å². The first-order valence-corrected chi connectivity index (χ1v) is 7.31. The Balaban J connectivity index is 1.81. The molecule has 0 amide bonds. The van der Waals surface area contributed by atoms with Gasteiger partial charge in [-0.2, -0.15) is 0 Å². The first kappa shape index (κ1) is 15.3. The lowest BCUT2D eigenvalue weighted by Gasteiger charge is -2.36. The van der Waals surface area contributed by atoms with Gasteiger partial charge in [0.1, 0.15) is 0 Å². The Hall–Kier alpha value is -1.10. The third-order valence-electron chi connectivity index (χ3n) is 3.86. The van der Waals surface area contributed by atoms with Crippen LogP contribution in [0.3, 0.4) is 0 Å². The number of carboxylic acids is 1. The molecule has 0 spiro atoms. The third kappa shape index (κ3) is 4.47. The monoisotopic (exact) mass is 296 g/mol. The zero-order chi connectivity index (χ0) is 14.5. The summed E-state index contributed by atoms with van der Waals surface area (Å²) in [6, 6.07) is 8.34. The average molecular weight is 297 g/mol. The molecule has 0 atom stereocenters. The quantitative estimate of drug-likeness (QED) is 0.906. The Morgan fingerprint density at radius 3 is 2.75 bits per heavy atom. The van der Waals surface area contributed by atoms with Crippen LogP contribution < -0.4 is 0 Å². The smallest absolute Gasteiger partial charge is 0.317 e. The maximum Gasteiger partial charge on any atom is 0.317 e. The first-order chi connectivity index (χ1) is 9.54. The summed E-state index contributed by atoms with van der Waals surface area (Å²) in [5.41, 5.74) is 1.23. The van der Waals surface area contributed by atoms with Crippen molar-refractivity contribution in [2.45, 2.75) is 25.4 Å². The second-order valence-corrected chi connectivity index (χ2v) is 5.88. The number of likely N-dealkylation sites (N-methyl/N-ethyl adjacent to an activating group) is 1. The van der Waals surface area contributed by atoms with Gasteiger partial charge in [-0.05, 0) is 50.7 Å². The van der Waals surface area contributed by atoms with Gasteiger partial charge >= 0.3 is 5.97 Å². The summed E-state index contributed by atoms with van der Waals surface area (Å²) < 4.78 is 0. The van der Waals surface area contributed by atoms with Gasteiger partial charge in [0.15, 0.2) is 0 Å². The van der Waals surface area contributed by atoms with E-state index in [1.165, 1.54) is 5.56 Å². The van der Waals surface area contributed by atoms with Crippen molar-refractivity contribution in [2.75, 3.05) is 26.7 Å². The largest absolute Gasteiger partial charge is 0.480 e. The molecule has 110 valence electrons. The van der Waals surface area contributed by atoms with Gasteiger partial charge in [-0.1, -0.05) is 23.7 Å². The molecule has 0 saturated carbocycles. The lowest BCUT2D eigenvalue weighted by atomic mass is 10.0. The van der Waals surface area contributed by atoms with E-state index in [0.29, 0.717) is 6.04 Å². The van der Waals surface area contributed by atoms with Crippen molar-refractivity contribution in [3.05, 3.63) is 34.9 Å². The number of piperidine rings is 1. The number of hydrogen-bond donors (Lipinski definition) is 1. The Kier molecular flexibility index (Phi) is 5.40. The van der Waals surface area contributed by atoms with Crippen LogP contribution in [0.5, 0.6) is 0 Å². The standard InChI is InChI=1S/C15H21ClN2O2/c1-17(11-15(19)20)14-5-7-18(8-6-14)10-12-3-2-4-13(16)9-12/h2-4,9,14H,5-8,10-11H2,1H3,(H,19,20). The van der Waals surface area contributed by atoms with Gasteiger partial charge in [0.2, 0.25) is 0 Å². The van der Waals surface area contributed by atoms with Gasteiger partial charge in [0.05, 0.1) is 6.54 Å². The van der Waals surface area contributed by atoms with E-state index in [1.807, 2.05) is 30.1 Å². The maximum absolute atomic E-state index is 10.7. The Bertz CT molecular complexity index is 459. The lowest BCUT2D eigenvalue weighted by Crippen LogP contribution is -2.44. The summed E-state index contributed by atoms with van der Waals surface area (Å²) in [7, 11) is 1.89. The molecule has 1 aliphatic heterocycles. The summed E-state index contributed by atoms with van der Waals surface area (Å²) in [4.78, 5) is 15.1. The van der Waals surface area contributed by atoms with E-state index in [4.69, 9.17) is 16.7 Å². The maximum atomic E-state index is 10.7. The fraction of sp³-hybridized carbons (Fsp3) is 0.533. The number of nitrogens with zero attached hydrogens (tertiary/aromatic N) is 2. The highest BCUT2D eigenvalue weighted by atomic mass is 35.5. The molecule has 0 aromatic heterocycles. The number of halogens is 1. The van der Waals surface area contributed by atoms with Crippen molar-refractivity contribution in [3.63, 3.8) is 0 Å². The topological polar surface area (TPSA) is 43.8 Å². The number of benzene rings is 1. The molecule has 0 aliphatic carbocycles. The molecule has 2 rings (SSSR count). The number of hydrogen-bond acceptors (Lipinski definition) is 3. The highest BCUT2D eigenvalue weighted by Gasteiger charge is 2.23. The predicted octanol–water partition coefficient (Wildman–Crippen LogP) is 2.32. The zero-order valence-electron chi connectivity index (χ0n) is 11.8. The molecule has 5 heteroatoms. The first-order valence-electron chi connectivity index (χ1n) is 6.93. The zero-order valence-corrected chi connectivity index (χ0v) is 12.5. The number of carbonyl (C=O) groups is 1. The molecule has 1 N–H and O–H groups in total. The van der Waals surface area contributed by atoms with Crippen LogP contribution in [-0.2, 0) is 11.3 Å². The predicted molar refractivity (Wildman–Crippen MR) is 80.0 cm³/mol. The molecule has 1 aromatic carbocycles. The Morgan fingerprint density at radius 1 is 1.45 bits per heavy atom. The minimum atomic E-state index is -0.756. The van der Waals surface area contributed by atoms with Crippen molar-refractivity contribution >= 4 is 17.6 Å². The second kappa shape index (κ2) is 7.07. The van der Waals surface area contributed by atoms with E-state index >= 15 is 0 Å². The number of aliphatic carboxylic acids is 1. The van der Waals surface area contributed by atoms with Crippen molar-refractivity contribution in [1.29, 1.82) is 0 Å². The second-order valence-electron chi connectivity index (χ2n) is 5.45. The number of carboxylic acid groups (broad SMARTS) is 1. The molecule has 1 fully saturated rings. The van der Waals surface area contributed by atoms with Crippen molar-refractivity contribution in [3.8, 4) is 0 Å². The third-order valence-corrected chi connectivity index (χ3v) is 4.10. The van der Waals surface area contributed by atoms with Gasteiger partial charge < -0.3 is 5.11 Å². The van der Waals surface area contributed by atoms with E-state index in [1.54, 1.807) is 0 Å². The van der Waals surface area contributed by atoms with Crippen LogP contribution in [0, 0.1) is 0 Å². The van der Waals surface area contributed by atoms with E-state index < -0.39 is 5.97 Å². The summed E-state index contributed by atoms with van der Waals surface area (Å²) in [6.45, 7) is 3.04. The molecule has 0 radical (unpaired) electrons. The van der Waals surface area contributed by atoms with Gasteiger partial charge in [0.25, 0.3) is 0 Å². The van der Waals surface area contributed by atoms with Crippen LogP contribution >= 0.6 is 11.6 Å². The van der Waals surface area contributed by atoms with E-state index in [2.05, 4.69) is 11.0 Å². The van der Waals surface area contributed by atoms with Crippen molar-refractivity contribution in [1.82, 2.24) is 9.80 Å². The Morgan fingerprint density at radius 2 is 2.15 bits per heavy atom. The van der Waals surface area contributed by atoms with E-state index in [9.17, 15) is 4.79 Å². The van der Waals surface area contributed by atoms with Crippen molar-refractivity contribution < 1.29 is 9.90 Å². The highest BCUT2D eigenvalue weighted by molar-refractivity contribution is 6.30. The number of rotatable bonds is 5. The molecule has 0 bridgehead atoms. The van der Waals surface area contributed by atoms with Gasteiger partial charge in [0, 0.05) is 17.6 Å². The molecule has 4 nitrogen and oxygen atoms in total. The van der Waals surface area contributed by atoms with Crippen LogP contribution in [0.25, 0.3) is 0 Å². The summed E-state index contributed by atoms with van der Waals surface area (Å²) >= 11 is 5.99. The van der Waals surface area contributed by atoms with Gasteiger partial charge in [-0.3, -0.25) is 14.6 Å². The van der Waals surface area contributed by atoms with Crippen molar-refractivity contribution in [2.24, 2.45) is 0 Å². The Labute approximate surface area is 124 Å². The molecule has 1 saturated heterocycles. The molecule has 20 heavy (non-hydrogen) atoms. The number of likely N-dealkylation sites (tertiary alicyclic amines) is 1. The fourth-order valence-electron chi connectivity index (χ4n) is 2.75. The van der Waals surface area contributed by atoms with Crippen LogP contribution in [0.15, 0.2) is 24.3 Å². The molecule has 0 unspecified atom stereocenters.